The minimum Gasteiger partial charge on any atom is -0.349 e. The maximum Gasteiger partial charge on any atom is 0.270 e. The number of carbonyl (C=O) groups is 2. The van der Waals surface area contributed by atoms with Gasteiger partial charge in [-0.25, -0.2) is 18.7 Å². The maximum absolute atomic E-state index is 12.8. The van der Waals surface area contributed by atoms with Crippen LogP contribution in [0.5, 0.6) is 0 Å². The van der Waals surface area contributed by atoms with Gasteiger partial charge in [-0.2, -0.15) is 0 Å². The first-order valence-corrected chi connectivity index (χ1v) is 7.31. The molecule has 8 heteroatoms. The van der Waals surface area contributed by atoms with Crippen molar-refractivity contribution in [1.29, 1.82) is 0 Å². The average Bonchev–Trinajstić information content (AvgIpc) is 2.59. The van der Waals surface area contributed by atoms with Crippen LogP contribution in [0.2, 0.25) is 0 Å². The van der Waals surface area contributed by atoms with E-state index in [4.69, 9.17) is 0 Å². The number of aromatic nitrogens is 2. The predicted molar refractivity (Wildman–Crippen MR) is 82.3 cm³/mol. The van der Waals surface area contributed by atoms with Crippen LogP contribution in [0.3, 0.4) is 0 Å². The van der Waals surface area contributed by atoms with E-state index in [1.54, 1.807) is 0 Å². The molecule has 6 nitrogen and oxygen atoms in total. The highest BCUT2D eigenvalue weighted by molar-refractivity contribution is 5.93. The van der Waals surface area contributed by atoms with Crippen molar-refractivity contribution >= 4 is 11.8 Å². The van der Waals surface area contributed by atoms with Crippen molar-refractivity contribution in [2.24, 2.45) is 0 Å². The molecular formula is C16H16F2N4O2. The Morgan fingerprint density at radius 3 is 2.00 bits per heavy atom. The highest BCUT2D eigenvalue weighted by atomic mass is 19.1. The van der Waals surface area contributed by atoms with Gasteiger partial charge in [-0.1, -0.05) is 6.92 Å². The van der Waals surface area contributed by atoms with E-state index in [1.807, 2.05) is 6.92 Å². The van der Waals surface area contributed by atoms with Crippen LogP contribution in [0.4, 0.5) is 8.78 Å². The van der Waals surface area contributed by atoms with E-state index >= 15 is 0 Å². The number of rotatable bonds is 6. The molecule has 0 aliphatic heterocycles. The summed E-state index contributed by atoms with van der Waals surface area (Å²) in [6.45, 7) is 2.01. The number of hydrogen-bond acceptors (Lipinski definition) is 4. The van der Waals surface area contributed by atoms with Crippen molar-refractivity contribution in [2.75, 3.05) is 6.54 Å². The summed E-state index contributed by atoms with van der Waals surface area (Å²) in [5, 5.41) is 5.32. The SMILES string of the molecule is CCC(CNC(=O)c1ccc(F)cn1)NC(=O)c1ccc(F)cn1. The molecule has 2 heterocycles. The first-order chi connectivity index (χ1) is 11.5. The largest absolute Gasteiger partial charge is 0.349 e. The molecule has 1 unspecified atom stereocenters. The molecule has 0 aliphatic carbocycles. The molecule has 1 atom stereocenters. The summed E-state index contributed by atoms with van der Waals surface area (Å²) in [6.07, 6.45) is 2.47. The second-order valence-corrected chi connectivity index (χ2v) is 5.01. The van der Waals surface area contributed by atoms with Gasteiger partial charge in [0.1, 0.15) is 23.0 Å². The summed E-state index contributed by atoms with van der Waals surface area (Å²) >= 11 is 0. The Morgan fingerprint density at radius 1 is 1.00 bits per heavy atom. The molecule has 2 aromatic heterocycles. The van der Waals surface area contributed by atoms with E-state index in [9.17, 15) is 18.4 Å². The van der Waals surface area contributed by atoms with Crippen LogP contribution in [0, 0.1) is 11.6 Å². The zero-order chi connectivity index (χ0) is 17.5. The lowest BCUT2D eigenvalue weighted by Gasteiger charge is -2.17. The third kappa shape index (κ3) is 4.80. The third-order valence-corrected chi connectivity index (χ3v) is 3.26. The Balaban J connectivity index is 1.89. The van der Waals surface area contributed by atoms with Crippen molar-refractivity contribution < 1.29 is 18.4 Å². The molecule has 0 saturated carbocycles. The second kappa shape index (κ2) is 8.09. The van der Waals surface area contributed by atoms with Crippen molar-refractivity contribution in [3.05, 3.63) is 59.7 Å². The van der Waals surface area contributed by atoms with E-state index in [2.05, 4.69) is 20.6 Å². The lowest BCUT2D eigenvalue weighted by atomic mass is 10.2. The molecule has 0 aliphatic rings. The maximum atomic E-state index is 12.8. The molecule has 0 fully saturated rings. The molecule has 0 spiro atoms. The standard InChI is InChI=1S/C16H16F2N4O2/c1-2-12(22-16(24)14-6-4-11(18)8-20-14)9-21-15(23)13-5-3-10(17)7-19-13/h3-8,12H,2,9H2,1H3,(H,21,23)(H,22,24). The predicted octanol–water partition coefficient (Wildman–Crippen LogP) is 1.69. The average molecular weight is 334 g/mol. The minimum absolute atomic E-state index is 0.0813. The summed E-state index contributed by atoms with van der Waals surface area (Å²) in [4.78, 5) is 31.3. The van der Waals surface area contributed by atoms with E-state index in [1.165, 1.54) is 12.1 Å². The lowest BCUT2D eigenvalue weighted by Crippen LogP contribution is -2.43. The normalized spacial score (nSPS) is 11.6. The molecule has 2 rings (SSSR count). The fourth-order valence-corrected chi connectivity index (χ4v) is 1.88. The van der Waals surface area contributed by atoms with Gasteiger partial charge in [0, 0.05) is 12.6 Å². The van der Waals surface area contributed by atoms with Crippen molar-refractivity contribution in [1.82, 2.24) is 20.6 Å². The number of nitrogens with zero attached hydrogens (tertiary/aromatic N) is 2. The van der Waals surface area contributed by atoms with Gasteiger partial charge in [0.05, 0.1) is 12.4 Å². The van der Waals surface area contributed by atoms with Gasteiger partial charge < -0.3 is 10.6 Å². The van der Waals surface area contributed by atoms with Gasteiger partial charge in [0.25, 0.3) is 11.8 Å². The van der Waals surface area contributed by atoms with Crippen molar-refractivity contribution in [2.45, 2.75) is 19.4 Å². The van der Waals surface area contributed by atoms with Gasteiger partial charge in [-0.3, -0.25) is 9.59 Å². The molecule has 2 aromatic rings. The van der Waals surface area contributed by atoms with Crippen LogP contribution in [0.25, 0.3) is 0 Å². The van der Waals surface area contributed by atoms with Crippen LogP contribution < -0.4 is 10.6 Å². The Labute approximate surface area is 137 Å². The van der Waals surface area contributed by atoms with E-state index in [-0.39, 0.29) is 24.0 Å². The summed E-state index contributed by atoms with van der Waals surface area (Å²) < 4.78 is 25.6. The van der Waals surface area contributed by atoms with Gasteiger partial charge in [0.15, 0.2) is 0 Å². The van der Waals surface area contributed by atoms with Gasteiger partial charge in [0.2, 0.25) is 0 Å². The minimum atomic E-state index is -0.531. The van der Waals surface area contributed by atoms with Crippen LogP contribution in [-0.4, -0.2) is 34.4 Å². The van der Waals surface area contributed by atoms with Crippen LogP contribution in [0.1, 0.15) is 34.3 Å². The molecular weight excluding hydrogens is 318 g/mol. The number of carbonyl (C=O) groups excluding carboxylic acids is 2. The number of hydrogen-bond donors (Lipinski definition) is 2. The first kappa shape index (κ1) is 17.5. The molecule has 24 heavy (non-hydrogen) atoms. The molecule has 126 valence electrons. The van der Waals surface area contributed by atoms with E-state index in [0.717, 1.165) is 24.5 Å². The highest BCUT2D eigenvalue weighted by Gasteiger charge is 2.15. The highest BCUT2D eigenvalue weighted by Crippen LogP contribution is 2.01. The molecule has 0 bridgehead atoms. The summed E-state index contributed by atoms with van der Waals surface area (Å²) in [7, 11) is 0. The smallest absolute Gasteiger partial charge is 0.270 e. The van der Waals surface area contributed by atoms with Crippen molar-refractivity contribution in [3.8, 4) is 0 Å². The van der Waals surface area contributed by atoms with E-state index in [0.29, 0.717) is 6.42 Å². The number of amides is 2. The van der Waals surface area contributed by atoms with Crippen LogP contribution >= 0.6 is 0 Å². The van der Waals surface area contributed by atoms with Crippen LogP contribution in [-0.2, 0) is 0 Å². The van der Waals surface area contributed by atoms with Crippen molar-refractivity contribution in [3.63, 3.8) is 0 Å². The molecule has 0 saturated heterocycles. The number of pyridine rings is 2. The molecule has 2 amide bonds. The fourth-order valence-electron chi connectivity index (χ4n) is 1.88. The number of halogens is 2. The second-order valence-electron chi connectivity index (χ2n) is 5.01. The molecule has 0 radical (unpaired) electrons. The fraction of sp³-hybridized carbons (Fsp3) is 0.250. The molecule has 0 aromatic carbocycles. The topological polar surface area (TPSA) is 84.0 Å². The Morgan fingerprint density at radius 2 is 1.54 bits per heavy atom. The third-order valence-electron chi connectivity index (χ3n) is 3.26. The zero-order valence-corrected chi connectivity index (χ0v) is 12.9. The summed E-state index contributed by atoms with van der Waals surface area (Å²) in [6, 6.07) is 4.49. The first-order valence-electron chi connectivity index (χ1n) is 7.31. The Bertz CT molecular complexity index is 705. The van der Waals surface area contributed by atoms with Gasteiger partial charge >= 0.3 is 0 Å². The zero-order valence-electron chi connectivity index (χ0n) is 12.9. The lowest BCUT2D eigenvalue weighted by molar-refractivity contribution is 0.0902. The Hall–Kier alpha value is -2.90. The number of nitrogens with one attached hydrogen (secondary N) is 2. The van der Waals surface area contributed by atoms with Crippen LogP contribution in [0.15, 0.2) is 36.7 Å². The summed E-state index contributed by atoms with van der Waals surface area (Å²) in [5.41, 5.74) is 0.166. The monoisotopic (exact) mass is 334 g/mol. The van der Waals surface area contributed by atoms with E-state index < -0.39 is 23.4 Å². The van der Waals surface area contributed by atoms with Gasteiger partial charge in [-0.15, -0.1) is 0 Å². The Kier molecular flexibility index (Phi) is 5.89. The molecule has 2 N–H and O–H groups in total. The quantitative estimate of drug-likeness (QED) is 0.842. The van der Waals surface area contributed by atoms with Gasteiger partial charge in [-0.05, 0) is 30.7 Å². The summed E-state index contributed by atoms with van der Waals surface area (Å²) in [5.74, 6) is -1.99.